The van der Waals surface area contributed by atoms with E-state index in [-0.39, 0.29) is 11.7 Å². The maximum absolute atomic E-state index is 12.5. The molecule has 1 fully saturated rings. The van der Waals surface area contributed by atoms with Gasteiger partial charge in [0.2, 0.25) is 5.82 Å². The highest BCUT2D eigenvalue weighted by Crippen LogP contribution is 2.25. The number of nitrogens with zero attached hydrogens (tertiary/aromatic N) is 7. The number of amides is 1. The standard InChI is InChI=1S/C17H26N8O/c1-11-12(2)20-15(17(26)18-8-13-9-19-24(5)22-13)21-16(11)25-7-6-14(10-25)23(3)4/h9,14H,6-8,10H2,1-5H3,(H,18,26)/t14-/m1/s1. The molecule has 3 rings (SSSR count). The van der Waals surface area contributed by atoms with Gasteiger partial charge in [0.05, 0.1) is 12.7 Å². The van der Waals surface area contributed by atoms with Crippen molar-refractivity contribution in [1.29, 1.82) is 0 Å². The summed E-state index contributed by atoms with van der Waals surface area (Å²) in [6.45, 7) is 6.06. The van der Waals surface area contributed by atoms with Crippen molar-refractivity contribution in [2.24, 2.45) is 7.05 Å². The second-order valence-electron chi connectivity index (χ2n) is 6.94. The van der Waals surface area contributed by atoms with E-state index in [0.29, 0.717) is 18.3 Å². The summed E-state index contributed by atoms with van der Waals surface area (Å²) in [6, 6.07) is 0.499. The molecule has 9 nitrogen and oxygen atoms in total. The van der Waals surface area contributed by atoms with Crippen LogP contribution in [0.15, 0.2) is 6.20 Å². The fraction of sp³-hybridized carbons (Fsp3) is 0.588. The van der Waals surface area contributed by atoms with E-state index < -0.39 is 0 Å². The van der Waals surface area contributed by atoms with Crippen LogP contribution in [0.25, 0.3) is 0 Å². The second kappa shape index (κ2) is 7.36. The van der Waals surface area contributed by atoms with Crippen LogP contribution < -0.4 is 10.2 Å². The zero-order valence-electron chi connectivity index (χ0n) is 16.0. The molecule has 3 heterocycles. The largest absolute Gasteiger partial charge is 0.355 e. The maximum Gasteiger partial charge on any atom is 0.289 e. The number of anilines is 1. The monoisotopic (exact) mass is 358 g/mol. The van der Waals surface area contributed by atoms with E-state index in [9.17, 15) is 4.79 Å². The lowest BCUT2D eigenvalue weighted by Crippen LogP contribution is -2.33. The first-order valence-corrected chi connectivity index (χ1v) is 8.75. The molecule has 1 amide bonds. The van der Waals surface area contributed by atoms with Gasteiger partial charge in [0.25, 0.3) is 5.91 Å². The van der Waals surface area contributed by atoms with Crippen LogP contribution >= 0.6 is 0 Å². The summed E-state index contributed by atoms with van der Waals surface area (Å²) >= 11 is 0. The SMILES string of the molecule is Cc1nc(C(=O)NCc2cnn(C)n2)nc(N2CC[C@@H](N(C)C)C2)c1C. The molecule has 0 spiro atoms. The molecule has 2 aromatic rings. The highest BCUT2D eigenvalue weighted by Gasteiger charge is 2.27. The lowest BCUT2D eigenvalue weighted by atomic mass is 10.2. The molecule has 0 unspecified atom stereocenters. The molecule has 0 bridgehead atoms. The highest BCUT2D eigenvalue weighted by molar-refractivity contribution is 5.90. The topological polar surface area (TPSA) is 92.1 Å². The third kappa shape index (κ3) is 3.82. The van der Waals surface area contributed by atoms with Crippen LogP contribution in [-0.4, -0.2) is 69.0 Å². The Hall–Kier alpha value is -2.55. The summed E-state index contributed by atoms with van der Waals surface area (Å²) in [5.41, 5.74) is 2.54. The molecule has 26 heavy (non-hydrogen) atoms. The van der Waals surface area contributed by atoms with Gasteiger partial charge >= 0.3 is 0 Å². The normalized spacial score (nSPS) is 17.2. The van der Waals surface area contributed by atoms with Crippen LogP contribution in [0.5, 0.6) is 0 Å². The van der Waals surface area contributed by atoms with E-state index in [1.54, 1.807) is 13.2 Å². The molecule has 0 aromatic carbocycles. The Morgan fingerprint density at radius 3 is 2.73 bits per heavy atom. The summed E-state index contributed by atoms with van der Waals surface area (Å²) in [5, 5.41) is 11.0. The smallest absolute Gasteiger partial charge is 0.289 e. The van der Waals surface area contributed by atoms with Gasteiger partial charge in [0.1, 0.15) is 11.5 Å². The Balaban J connectivity index is 1.76. The van der Waals surface area contributed by atoms with E-state index >= 15 is 0 Å². The number of aromatic nitrogens is 5. The van der Waals surface area contributed by atoms with Crippen molar-refractivity contribution in [3.63, 3.8) is 0 Å². The first-order valence-electron chi connectivity index (χ1n) is 8.75. The average Bonchev–Trinajstić information content (AvgIpc) is 3.24. The van der Waals surface area contributed by atoms with Gasteiger partial charge in [-0.1, -0.05) is 0 Å². The number of carbonyl (C=O) groups is 1. The van der Waals surface area contributed by atoms with E-state index in [0.717, 1.165) is 36.6 Å². The van der Waals surface area contributed by atoms with Gasteiger partial charge in [0.15, 0.2) is 0 Å². The van der Waals surface area contributed by atoms with Crippen LogP contribution in [-0.2, 0) is 13.6 Å². The van der Waals surface area contributed by atoms with Crippen molar-refractivity contribution in [3.05, 3.63) is 29.0 Å². The predicted molar refractivity (Wildman–Crippen MR) is 98.0 cm³/mol. The minimum atomic E-state index is -0.302. The van der Waals surface area contributed by atoms with Gasteiger partial charge in [0, 0.05) is 37.4 Å². The van der Waals surface area contributed by atoms with Gasteiger partial charge < -0.3 is 15.1 Å². The predicted octanol–water partition coefficient (Wildman–Crippen LogP) is 0.292. The summed E-state index contributed by atoms with van der Waals surface area (Å²) in [6.07, 6.45) is 2.71. The number of nitrogens with one attached hydrogen (secondary N) is 1. The summed E-state index contributed by atoms with van der Waals surface area (Å²) in [5.74, 6) is 0.746. The number of hydrogen-bond acceptors (Lipinski definition) is 7. The van der Waals surface area contributed by atoms with Gasteiger partial charge in [-0.15, -0.1) is 0 Å². The van der Waals surface area contributed by atoms with E-state index in [1.807, 2.05) is 13.8 Å². The summed E-state index contributed by atoms with van der Waals surface area (Å²) in [7, 11) is 5.93. The molecule has 1 aliphatic rings. The first kappa shape index (κ1) is 18.2. The van der Waals surface area contributed by atoms with Gasteiger partial charge in [-0.25, -0.2) is 9.97 Å². The molecule has 2 aromatic heterocycles. The van der Waals surface area contributed by atoms with Crippen molar-refractivity contribution in [2.75, 3.05) is 32.1 Å². The van der Waals surface area contributed by atoms with E-state index in [4.69, 9.17) is 0 Å². The fourth-order valence-corrected chi connectivity index (χ4v) is 3.10. The minimum Gasteiger partial charge on any atom is -0.355 e. The van der Waals surface area contributed by atoms with Crippen LogP contribution in [0.1, 0.15) is 34.0 Å². The zero-order valence-corrected chi connectivity index (χ0v) is 16.0. The molecule has 9 heteroatoms. The van der Waals surface area contributed by atoms with Gasteiger partial charge in [-0.2, -0.15) is 15.0 Å². The second-order valence-corrected chi connectivity index (χ2v) is 6.94. The lowest BCUT2D eigenvalue weighted by Gasteiger charge is -2.23. The van der Waals surface area contributed by atoms with Crippen molar-refractivity contribution in [2.45, 2.75) is 32.9 Å². The molecule has 1 aliphatic heterocycles. The molecule has 0 radical (unpaired) electrons. The maximum atomic E-state index is 12.5. The molecule has 0 aliphatic carbocycles. The number of likely N-dealkylation sites (N-methyl/N-ethyl adjacent to an activating group) is 1. The summed E-state index contributed by atoms with van der Waals surface area (Å²) in [4.78, 5) is 27.4. The van der Waals surface area contributed by atoms with Gasteiger partial charge in [-0.3, -0.25) is 4.79 Å². The van der Waals surface area contributed by atoms with Crippen LogP contribution in [0.3, 0.4) is 0 Å². The zero-order chi connectivity index (χ0) is 18.8. The quantitative estimate of drug-likeness (QED) is 0.821. The fourth-order valence-electron chi connectivity index (χ4n) is 3.10. The van der Waals surface area contributed by atoms with Crippen molar-refractivity contribution < 1.29 is 4.79 Å². The Kier molecular flexibility index (Phi) is 5.17. The molecule has 1 N–H and O–H groups in total. The van der Waals surface area contributed by atoms with Crippen LogP contribution in [0, 0.1) is 13.8 Å². The van der Waals surface area contributed by atoms with Crippen molar-refractivity contribution in [3.8, 4) is 0 Å². The Morgan fingerprint density at radius 1 is 1.35 bits per heavy atom. The third-order valence-electron chi connectivity index (χ3n) is 4.84. The number of carbonyl (C=O) groups excluding carboxylic acids is 1. The number of hydrogen-bond donors (Lipinski definition) is 1. The first-order chi connectivity index (χ1) is 12.3. The molecular weight excluding hydrogens is 332 g/mol. The van der Waals surface area contributed by atoms with Crippen molar-refractivity contribution in [1.82, 2.24) is 35.2 Å². The lowest BCUT2D eigenvalue weighted by molar-refractivity contribution is 0.0939. The minimum absolute atomic E-state index is 0.195. The third-order valence-corrected chi connectivity index (χ3v) is 4.84. The van der Waals surface area contributed by atoms with E-state index in [2.05, 4.69) is 49.4 Å². The Morgan fingerprint density at radius 2 is 2.12 bits per heavy atom. The van der Waals surface area contributed by atoms with Gasteiger partial charge in [-0.05, 0) is 34.4 Å². The van der Waals surface area contributed by atoms with Crippen LogP contribution in [0.2, 0.25) is 0 Å². The van der Waals surface area contributed by atoms with Crippen LogP contribution in [0.4, 0.5) is 5.82 Å². The molecule has 140 valence electrons. The van der Waals surface area contributed by atoms with E-state index in [1.165, 1.54) is 4.80 Å². The molecular formula is C17H26N8O. The van der Waals surface area contributed by atoms with Crippen molar-refractivity contribution >= 4 is 11.7 Å². The molecule has 1 saturated heterocycles. The Labute approximate surface area is 153 Å². The average molecular weight is 358 g/mol. The molecule has 1 atom stereocenters. The highest BCUT2D eigenvalue weighted by atomic mass is 16.2. The summed E-state index contributed by atoms with van der Waals surface area (Å²) < 4.78 is 0. The number of aryl methyl sites for hydroxylation is 2. The Bertz CT molecular complexity index is 800. The number of rotatable bonds is 5. The molecule has 0 saturated carbocycles.